The summed E-state index contributed by atoms with van der Waals surface area (Å²) in [6.45, 7) is 1.29. The number of Topliss-reactive ketones (excluding diaryl/α,β-unsaturated/α-hetero) is 1. The highest BCUT2D eigenvalue weighted by Gasteiger charge is 2.40. The van der Waals surface area contributed by atoms with Gasteiger partial charge in [-0.05, 0) is 56.7 Å². The molecule has 186 valence electrons. The van der Waals surface area contributed by atoms with E-state index in [0.717, 1.165) is 25.0 Å². The summed E-state index contributed by atoms with van der Waals surface area (Å²) in [4.78, 5) is 27.2. The predicted octanol–water partition coefficient (Wildman–Crippen LogP) is 5.82. The lowest BCUT2D eigenvalue weighted by atomic mass is 9.78. The van der Waals surface area contributed by atoms with Crippen LogP contribution in [0.1, 0.15) is 56.0 Å². The van der Waals surface area contributed by atoms with Crippen molar-refractivity contribution in [3.8, 4) is 11.5 Å². The Labute approximate surface area is 191 Å². The highest BCUT2D eigenvalue weighted by Crippen LogP contribution is 2.39. The molecule has 1 aliphatic carbocycles. The molecule has 3 rings (SSSR count). The molecule has 2 atom stereocenters. The van der Waals surface area contributed by atoms with Crippen LogP contribution in [0.4, 0.5) is 26.3 Å². The summed E-state index contributed by atoms with van der Waals surface area (Å²) in [6, 6.07) is 3.79. The zero-order valence-corrected chi connectivity index (χ0v) is 18.4. The minimum absolute atomic E-state index is 0.0309. The third kappa shape index (κ3) is 6.60. The topological polar surface area (TPSA) is 72.2 Å². The Morgan fingerprint density at radius 2 is 1.85 bits per heavy atom. The maximum Gasteiger partial charge on any atom is 0.451 e. The van der Waals surface area contributed by atoms with Gasteiger partial charge in [-0.25, -0.2) is 4.98 Å². The third-order valence-electron chi connectivity index (χ3n) is 5.85. The molecule has 0 radical (unpaired) electrons. The molecular weight excluding hydrogens is 466 g/mol. The Kier molecular flexibility index (Phi) is 7.72. The fraction of sp³-hybridized carbons (Fsp3) is 0.522. The van der Waals surface area contributed by atoms with E-state index in [0.29, 0.717) is 25.3 Å². The maximum atomic E-state index is 13.5. The summed E-state index contributed by atoms with van der Waals surface area (Å²) < 4.78 is 84.4. The smallest absolute Gasteiger partial charge is 0.431 e. The molecule has 1 aliphatic rings. The quantitative estimate of drug-likeness (QED) is 0.497. The Morgan fingerprint density at radius 1 is 1.12 bits per heavy atom. The van der Waals surface area contributed by atoms with Crippen molar-refractivity contribution < 1.29 is 40.3 Å². The van der Waals surface area contributed by atoms with Gasteiger partial charge in [0, 0.05) is 11.5 Å². The number of oxazole rings is 1. The van der Waals surface area contributed by atoms with Crippen LogP contribution >= 0.6 is 0 Å². The summed E-state index contributed by atoms with van der Waals surface area (Å²) >= 11 is 0. The third-order valence-corrected chi connectivity index (χ3v) is 5.85. The van der Waals surface area contributed by atoms with Gasteiger partial charge >= 0.3 is 12.4 Å². The first-order valence-corrected chi connectivity index (χ1v) is 10.9. The van der Waals surface area contributed by atoms with Gasteiger partial charge in [-0.15, -0.1) is 0 Å². The number of carbonyl (C=O) groups is 2. The molecule has 2 unspecified atom stereocenters. The van der Waals surface area contributed by atoms with Crippen LogP contribution in [0.3, 0.4) is 0 Å². The molecule has 0 saturated heterocycles. The van der Waals surface area contributed by atoms with Crippen LogP contribution in [0.25, 0.3) is 11.5 Å². The molecule has 1 amide bonds. The minimum atomic E-state index is -4.86. The number of rotatable bonds is 7. The van der Waals surface area contributed by atoms with Crippen molar-refractivity contribution in [3.63, 3.8) is 0 Å². The van der Waals surface area contributed by atoms with Crippen LogP contribution in [0.15, 0.2) is 28.7 Å². The Bertz CT molecular complexity index is 1030. The second-order valence-corrected chi connectivity index (χ2v) is 8.56. The summed E-state index contributed by atoms with van der Waals surface area (Å²) in [5, 5.41) is 2.57. The van der Waals surface area contributed by atoms with E-state index in [9.17, 15) is 35.9 Å². The molecule has 1 aromatic carbocycles. The summed E-state index contributed by atoms with van der Waals surface area (Å²) in [7, 11) is 0. The number of amides is 1. The highest BCUT2D eigenvalue weighted by atomic mass is 19.4. The number of hydrogen-bond acceptors (Lipinski definition) is 4. The van der Waals surface area contributed by atoms with Crippen molar-refractivity contribution >= 4 is 11.7 Å². The molecule has 1 fully saturated rings. The van der Waals surface area contributed by atoms with E-state index in [1.807, 2.05) is 0 Å². The van der Waals surface area contributed by atoms with Gasteiger partial charge in [0.25, 0.3) is 0 Å². The average Bonchev–Trinajstić information content (AvgIpc) is 3.21. The van der Waals surface area contributed by atoms with Gasteiger partial charge in [-0.2, -0.15) is 26.3 Å². The highest BCUT2D eigenvalue weighted by molar-refractivity contribution is 5.85. The fourth-order valence-corrected chi connectivity index (χ4v) is 4.18. The molecule has 1 N–H and O–H groups in total. The lowest BCUT2D eigenvalue weighted by Crippen LogP contribution is -2.36. The van der Waals surface area contributed by atoms with Gasteiger partial charge in [0.15, 0.2) is 0 Å². The summed E-state index contributed by atoms with van der Waals surface area (Å²) in [5.74, 6) is -2.63. The SMILES string of the molecule is CC(=O)CNC(=O)C1CCCC(CCc2nc(-c3cccc(C(F)(F)F)c3)oc2C(F)(F)F)C1. The monoisotopic (exact) mass is 490 g/mol. The van der Waals surface area contributed by atoms with Crippen LogP contribution < -0.4 is 5.32 Å². The minimum Gasteiger partial charge on any atom is -0.431 e. The van der Waals surface area contributed by atoms with Crippen molar-refractivity contribution in [2.75, 3.05) is 6.54 Å². The largest absolute Gasteiger partial charge is 0.451 e. The molecule has 0 spiro atoms. The van der Waals surface area contributed by atoms with Crippen molar-refractivity contribution in [1.29, 1.82) is 0 Å². The van der Waals surface area contributed by atoms with Crippen molar-refractivity contribution in [2.24, 2.45) is 11.8 Å². The second kappa shape index (κ2) is 10.2. The number of hydrogen-bond donors (Lipinski definition) is 1. The van der Waals surface area contributed by atoms with E-state index in [2.05, 4.69) is 10.3 Å². The van der Waals surface area contributed by atoms with Gasteiger partial charge in [0.2, 0.25) is 17.6 Å². The molecule has 11 heteroatoms. The van der Waals surface area contributed by atoms with Crippen LogP contribution in [-0.4, -0.2) is 23.2 Å². The second-order valence-electron chi connectivity index (χ2n) is 8.56. The van der Waals surface area contributed by atoms with Gasteiger partial charge in [0.1, 0.15) is 5.78 Å². The van der Waals surface area contributed by atoms with Crippen LogP contribution in [0, 0.1) is 11.8 Å². The Balaban J connectivity index is 1.74. The molecule has 5 nitrogen and oxygen atoms in total. The number of benzene rings is 1. The number of halogens is 6. The Morgan fingerprint density at radius 3 is 2.50 bits per heavy atom. The first kappa shape index (κ1) is 25.8. The normalized spacial score (nSPS) is 19.1. The van der Waals surface area contributed by atoms with Crippen LogP contribution in [0.2, 0.25) is 0 Å². The molecule has 2 aromatic rings. The van der Waals surface area contributed by atoms with Gasteiger partial charge in [0.05, 0.1) is 17.8 Å². The first-order chi connectivity index (χ1) is 15.8. The molecule has 1 heterocycles. The molecular formula is C23H24F6N2O3. The van der Waals surface area contributed by atoms with Gasteiger partial charge in [-0.3, -0.25) is 9.59 Å². The van der Waals surface area contributed by atoms with Crippen LogP contribution in [-0.2, 0) is 28.4 Å². The molecule has 0 aliphatic heterocycles. The number of alkyl halides is 6. The van der Waals surface area contributed by atoms with Crippen LogP contribution in [0.5, 0.6) is 0 Å². The predicted molar refractivity (Wildman–Crippen MR) is 109 cm³/mol. The molecule has 34 heavy (non-hydrogen) atoms. The van der Waals surface area contributed by atoms with Gasteiger partial charge in [-0.1, -0.05) is 18.9 Å². The Hall–Kier alpha value is -2.85. The van der Waals surface area contributed by atoms with E-state index in [1.54, 1.807) is 0 Å². The number of carbonyl (C=O) groups excluding carboxylic acids is 2. The lowest BCUT2D eigenvalue weighted by Gasteiger charge is -2.28. The number of ketones is 1. The maximum absolute atomic E-state index is 13.5. The fourth-order valence-electron chi connectivity index (χ4n) is 4.18. The molecule has 1 aromatic heterocycles. The van der Waals surface area contributed by atoms with E-state index in [-0.39, 0.29) is 47.7 Å². The number of aryl methyl sites for hydroxylation is 1. The number of aromatic nitrogens is 1. The van der Waals surface area contributed by atoms with E-state index in [1.165, 1.54) is 13.0 Å². The van der Waals surface area contributed by atoms with Crippen molar-refractivity contribution in [2.45, 2.75) is 57.8 Å². The summed E-state index contributed by atoms with van der Waals surface area (Å²) in [5.41, 5.74) is -1.59. The standard InChI is InChI=1S/C23H24F6N2O3/c1-13(32)12-30-20(33)15-5-2-4-14(10-15)8-9-18-19(23(27,28)29)34-21(31-18)16-6-3-7-17(11-16)22(24,25)26/h3,6-7,11,14-15H,2,4-5,8-10,12H2,1H3,(H,30,33). The zero-order chi connectivity index (χ0) is 25.1. The summed E-state index contributed by atoms with van der Waals surface area (Å²) in [6.07, 6.45) is -6.73. The molecule has 0 bridgehead atoms. The number of nitrogens with one attached hydrogen (secondary N) is 1. The lowest BCUT2D eigenvalue weighted by molar-refractivity contribution is -0.153. The number of nitrogens with zero attached hydrogens (tertiary/aromatic N) is 1. The zero-order valence-electron chi connectivity index (χ0n) is 18.4. The van der Waals surface area contributed by atoms with Gasteiger partial charge < -0.3 is 9.73 Å². The van der Waals surface area contributed by atoms with E-state index in [4.69, 9.17) is 4.42 Å². The van der Waals surface area contributed by atoms with E-state index < -0.39 is 29.6 Å². The van der Waals surface area contributed by atoms with E-state index >= 15 is 0 Å². The van der Waals surface area contributed by atoms with Crippen molar-refractivity contribution in [3.05, 3.63) is 41.3 Å². The van der Waals surface area contributed by atoms with Crippen molar-refractivity contribution in [1.82, 2.24) is 10.3 Å². The molecule has 1 saturated carbocycles. The first-order valence-electron chi connectivity index (χ1n) is 10.9. The average molecular weight is 490 g/mol.